The van der Waals surface area contributed by atoms with E-state index in [1.54, 1.807) is 12.4 Å². The Hall–Kier alpha value is -1.91. The zero-order valence-electron chi connectivity index (χ0n) is 14.8. The standard InChI is InChI=1S/C19H29N3O2/c1-15(2)12-19(24)22-11-4-3-7-17(14-22)21-18(23)9-8-16-6-5-10-20-13-16/h5-6,10,13,15,17H,3-4,7-9,11-12,14H2,1-2H3,(H,21,23)/t17-/m1/s1. The first-order valence-electron chi connectivity index (χ1n) is 9.00. The van der Waals surface area contributed by atoms with Gasteiger partial charge in [0.1, 0.15) is 0 Å². The SMILES string of the molecule is CC(C)CC(=O)N1CCCC[C@@H](NC(=O)CCc2cccnc2)C1. The van der Waals surface area contributed by atoms with Crippen LogP contribution < -0.4 is 5.32 Å². The van der Waals surface area contributed by atoms with Gasteiger partial charge < -0.3 is 10.2 Å². The van der Waals surface area contributed by atoms with Gasteiger partial charge in [0, 0.05) is 44.4 Å². The summed E-state index contributed by atoms with van der Waals surface area (Å²) in [7, 11) is 0. The third-order valence-corrected chi connectivity index (χ3v) is 4.34. The van der Waals surface area contributed by atoms with E-state index in [1.807, 2.05) is 17.0 Å². The summed E-state index contributed by atoms with van der Waals surface area (Å²) in [4.78, 5) is 30.5. The van der Waals surface area contributed by atoms with E-state index in [0.29, 0.717) is 31.7 Å². The van der Waals surface area contributed by atoms with E-state index in [1.165, 1.54) is 0 Å². The highest BCUT2D eigenvalue weighted by atomic mass is 16.2. The van der Waals surface area contributed by atoms with Gasteiger partial charge in [-0.3, -0.25) is 14.6 Å². The molecular formula is C19H29N3O2. The Kier molecular flexibility index (Phi) is 7.22. The van der Waals surface area contributed by atoms with E-state index in [2.05, 4.69) is 24.1 Å². The maximum absolute atomic E-state index is 12.3. The summed E-state index contributed by atoms with van der Waals surface area (Å²) >= 11 is 0. The van der Waals surface area contributed by atoms with Crippen LogP contribution in [-0.2, 0) is 16.0 Å². The lowest BCUT2D eigenvalue weighted by Crippen LogP contribution is -2.44. The second-order valence-corrected chi connectivity index (χ2v) is 7.06. The summed E-state index contributed by atoms with van der Waals surface area (Å²) in [5.41, 5.74) is 1.07. The number of carbonyl (C=O) groups excluding carboxylic acids is 2. The monoisotopic (exact) mass is 331 g/mol. The number of amides is 2. The van der Waals surface area contributed by atoms with Crippen molar-refractivity contribution in [2.75, 3.05) is 13.1 Å². The van der Waals surface area contributed by atoms with Crippen molar-refractivity contribution in [3.63, 3.8) is 0 Å². The van der Waals surface area contributed by atoms with Crippen LogP contribution in [-0.4, -0.2) is 40.8 Å². The molecule has 2 heterocycles. The van der Waals surface area contributed by atoms with Gasteiger partial charge in [0.25, 0.3) is 0 Å². The van der Waals surface area contributed by atoms with Crippen molar-refractivity contribution in [2.24, 2.45) is 5.92 Å². The van der Waals surface area contributed by atoms with Crippen LogP contribution in [0, 0.1) is 5.92 Å². The summed E-state index contributed by atoms with van der Waals surface area (Å²) in [6.07, 6.45) is 8.30. The number of nitrogens with zero attached hydrogens (tertiary/aromatic N) is 2. The Labute approximate surface area is 144 Å². The fourth-order valence-electron chi connectivity index (χ4n) is 3.07. The van der Waals surface area contributed by atoms with Crippen molar-refractivity contribution in [3.05, 3.63) is 30.1 Å². The zero-order chi connectivity index (χ0) is 17.4. The minimum absolute atomic E-state index is 0.0574. The highest BCUT2D eigenvalue weighted by Crippen LogP contribution is 2.14. The van der Waals surface area contributed by atoms with Gasteiger partial charge in [0.05, 0.1) is 0 Å². The summed E-state index contributed by atoms with van der Waals surface area (Å²) in [5, 5.41) is 3.11. The molecule has 1 N–H and O–H groups in total. The number of likely N-dealkylation sites (tertiary alicyclic amines) is 1. The molecule has 0 aliphatic carbocycles. The van der Waals surface area contributed by atoms with Crippen molar-refractivity contribution in [2.45, 2.75) is 58.4 Å². The van der Waals surface area contributed by atoms with E-state index in [4.69, 9.17) is 0 Å². The van der Waals surface area contributed by atoms with E-state index in [0.717, 1.165) is 31.4 Å². The molecule has 0 saturated carbocycles. The van der Waals surface area contributed by atoms with Crippen molar-refractivity contribution < 1.29 is 9.59 Å². The van der Waals surface area contributed by atoms with Gasteiger partial charge in [-0.15, -0.1) is 0 Å². The van der Waals surface area contributed by atoms with Gasteiger partial charge in [-0.05, 0) is 43.2 Å². The lowest BCUT2D eigenvalue weighted by Gasteiger charge is -2.26. The quantitative estimate of drug-likeness (QED) is 0.871. The minimum Gasteiger partial charge on any atom is -0.352 e. The molecule has 132 valence electrons. The lowest BCUT2D eigenvalue weighted by molar-refractivity contribution is -0.132. The second-order valence-electron chi connectivity index (χ2n) is 7.06. The molecule has 1 aromatic rings. The second kappa shape index (κ2) is 9.40. The first-order valence-corrected chi connectivity index (χ1v) is 9.00. The topological polar surface area (TPSA) is 62.3 Å². The predicted octanol–water partition coefficient (Wildman–Crippen LogP) is 2.56. The molecule has 2 rings (SSSR count). The fourth-order valence-corrected chi connectivity index (χ4v) is 3.07. The minimum atomic E-state index is 0.0574. The highest BCUT2D eigenvalue weighted by molar-refractivity contribution is 5.78. The van der Waals surface area contributed by atoms with Gasteiger partial charge in [-0.2, -0.15) is 0 Å². The van der Waals surface area contributed by atoms with Crippen LogP contribution in [0.15, 0.2) is 24.5 Å². The van der Waals surface area contributed by atoms with Crippen molar-refractivity contribution in [3.8, 4) is 0 Å². The van der Waals surface area contributed by atoms with Crippen molar-refractivity contribution in [1.82, 2.24) is 15.2 Å². The normalized spacial score (nSPS) is 18.3. The van der Waals surface area contributed by atoms with Gasteiger partial charge in [0.15, 0.2) is 0 Å². The van der Waals surface area contributed by atoms with E-state index in [-0.39, 0.29) is 17.9 Å². The maximum atomic E-state index is 12.3. The molecule has 2 amide bonds. The number of aryl methyl sites for hydroxylation is 1. The summed E-state index contributed by atoms with van der Waals surface area (Å²) in [5.74, 6) is 0.636. The molecule has 0 spiro atoms. The number of nitrogens with one attached hydrogen (secondary N) is 1. The van der Waals surface area contributed by atoms with Gasteiger partial charge >= 0.3 is 0 Å². The molecule has 0 unspecified atom stereocenters. The molecule has 1 atom stereocenters. The van der Waals surface area contributed by atoms with Crippen LogP contribution in [0.2, 0.25) is 0 Å². The van der Waals surface area contributed by atoms with Crippen molar-refractivity contribution in [1.29, 1.82) is 0 Å². The molecule has 0 bridgehead atoms. The van der Waals surface area contributed by atoms with Crippen LogP contribution in [0.1, 0.15) is 51.5 Å². The average Bonchev–Trinajstić information content (AvgIpc) is 2.79. The molecule has 0 aromatic carbocycles. The van der Waals surface area contributed by atoms with E-state index in [9.17, 15) is 9.59 Å². The molecule has 24 heavy (non-hydrogen) atoms. The number of pyridine rings is 1. The highest BCUT2D eigenvalue weighted by Gasteiger charge is 2.23. The predicted molar refractivity (Wildman–Crippen MR) is 94.4 cm³/mol. The Morgan fingerprint density at radius 3 is 2.92 bits per heavy atom. The smallest absolute Gasteiger partial charge is 0.222 e. The Morgan fingerprint density at radius 2 is 2.21 bits per heavy atom. The number of hydrogen-bond acceptors (Lipinski definition) is 3. The molecule has 1 aromatic heterocycles. The molecule has 0 radical (unpaired) electrons. The fraction of sp³-hybridized carbons (Fsp3) is 0.632. The van der Waals surface area contributed by atoms with Crippen molar-refractivity contribution >= 4 is 11.8 Å². The van der Waals surface area contributed by atoms with Crippen LogP contribution in [0.25, 0.3) is 0 Å². The van der Waals surface area contributed by atoms with Gasteiger partial charge in [-0.1, -0.05) is 19.9 Å². The number of aromatic nitrogens is 1. The molecule has 5 heteroatoms. The van der Waals surface area contributed by atoms with Gasteiger partial charge in [-0.25, -0.2) is 0 Å². The number of hydrogen-bond donors (Lipinski definition) is 1. The first kappa shape index (κ1) is 18.4. The van der Waals surface area contributed by atoms with Gasteiger partial charge in [0.2, 0.25) is 11.8 Å². The number of carbonyl (C=O) groups is 2. The third kappa shape index (κ3) is 6.30. The van der Waals surface area contributed by atoms with Crippen LogP contribution in [0.4, 0.5) is 0 Å². The average molecular weight is 331 g/mol. The van der Waals surface area contributed by atoms with Crippen LogP contribution in [0.5, 0.6) is 0 Å². The molecule has 1 aliphatic heterocycles. The van der Waals surface area contributed by atoms with E-state index >= 15 is 0 Å². The largest absolute Gasteiger partial charge is 0.352 e. The summed E-state index contributed by atoms with van der Waals surface area (Å²) in [6.45, 7) is 5.58. The maximum Gasteiger partial charge on any atom is 0.222 e. The lowest BCUT2D eigenvalue weighted by atomic mass is 10.1. The third-order valence-electron chi connectivity index (χ3n) is 4.34. The molecular weight excluding hydrogens is 302 g/mol. The summed E-state index contributed by atoms with van der Waals surface area (Å²) in [6, 6.07) is 3.94. The Morgan fingerprint density at radius 1 is 1.38 bits per heavy atom. The Bertz CT molecular complexity index is 531. The first-order chi connectivity index (χ1) is 11.5. The molecule has 1 aliphatic rings. The molecule has 5 nitrogen and oxygen atoms in total. The van der Waals surface area contributed by atoms with Crippen LogP contribution in [0.3, 0.4) is 0 Å². The number of rotatable bonds is 6. The molecule has 1 saturated heterocycles. The van der Waals surface area contributed by atoms with Crippen LogP contribution >= 0.6 is 0 Å². The zero-order valence-corrected chi connectivity index (χ0v) is 14.8. The molecule has 1 fully saturated rings. The van der Waals surface area contributed by atoms with E-state index < -0.39 is 0 Å². The summed E-state index contributed by atoms with van der Waals surface area (Å²) < 4.78 is 0. The Balaban J connectivity index is 1.81.